The van der Waals surface area contributed by atoms with Gasteiger partial charge >= 0.3 is 0 Å². The van der Waals surface area contributed by atoms with Crippen LogP contribution in [-0.2, 0) is 0 Å². The number of aromatic nitrogens is 1. The van der Waals surface area contributed by atoms with Gasteiger partial charge in [-0.3, -0.25) is 0 Å². The minimum Gasteiger partial charge on any atom is -0.316 e. The molecule has 0 fully saturated rings. The summed E-state index contributed by atoms with van der Waals surface area (Å²) < 4.78 is 2.43. The molecule has 0 unspecified atom stereocenters. The van der Waals surface area contributed by atoms with Gasteiger partial charge in [-0.2, -0.15) is 0 Å². The van der Waals surface area contributed by atoms with Crippen LogP contribution < -0.4 is 4.90 Å². The lowest BCUT2D eigenvalue weighted by Crippen LogP contribution is -2.11. The van der Waals surface area contributed by atoms with Gasteiger partial charge in [-0.25, -0.2) is 0 Å². The molecule has 0 N–H and O–H groups in total. The second-order valence-corrected chi connectivity index (χ2v) is 14.2. The van der Waals surface area contributed by atoms with Gasteiger partial charge in [0.1, 0.15) is 0 Å². The van der Waals surface area contributed by atoms with Crippen molar-refractivity contribution < 1.29 is 0 Å². The lowest BCUT2D eigenvalue weighted by molar-refractivity contribution is 1.19. The Morgan fingerprint density at radius 1 is 0.389 bits per heavy atom. The number of hydrogen-bond donors (Lipinski definition) is 0. The van der Waals surface area contributed by atoms with Crippen LogP contribution in [0.4, 0.5) is 11.4 Å². The Morgan fingerprint density at radius 2 is 1.00 bits per heavy atom. The van der Waals surface area contributed by atoms with Crippen molar-refractivity contribution in [3.05, 3.63) is 206 Å². The topological polar surface area (TPSA) is 8.17 Å². The zero-order valence-corrected chi connectivity index (χ0v) is 29.6. The molecule has 10 aromatic rings. The molecule has 0 bridgehead atoms. The van der Waals surface area contributed by atoms with Crippen molar-refractivity contribution in [1.82, 2.24) is 4.57 Å². The van der Waals surface area contributed by atoms with Gasteiger partial charge < -0.3 is 9.47 Å². The monoisotopic (exact) mass is 686 g/mol. The van der Waals surface area contributed by atoms with Gasteiger partial charge in [-0.1, -0.05) is 140 Å². The van der Waals surface area contributed by atoms with Crippen molar-refractivity contribution in [2.75, 3.05) is 4.90 Å². The maximum absolute atomic E-state index is 4.52. The maximum atomic E-state index is 4.52. The second-order valence-electron chi connectivity index (χ2n) is 14.2. The van der Waals surface area contributed by atoms with E-state index in [1.807, 2.05) is 0 Å². The maximum Gasteiger partial charge on any atom is 0.0541 e. The minimum absolute atomic E-state index is 0.982. The molecule has 11 rings (SSSR count). The Morgan fingerprint density at radius 3 is 1.80 bits per heavy atom. The first kappa shape index (κ1) is 30.5. The smallest absolute Gasteiger partial charge is 0.0541 e. The number of rotatable bonds is 3. The van der Waals surface area contributed by atoms with Crippen LogP contribution in [0.2, 0.25) is 0 Å². The molecule has 2 heterocycles. The summed E-state index contributed by atoms with van der Waals surface area (Å²) >= 11 is 0. The summed E-state index contributed by atoms with van der Waals surface area (Å²) in [6.45, 7) is 4.52. The van der Waals surface area contributed by atoms with E-state index >= 15 is 0 Å². The van der Waals surface area contributed by atoms with E-state index in [0.717, 1.165) is 33.8 Å². The molecule has 0 atom stereocenters. The van der Waals surface area contributed by atoms with E-state index in [1.165, 1.54) is 70.5 Å². The van der Waals surface area contributed by atoms with Crippen LogP contribution in [0.3, 0.4) is 0 Å². The fourth-order valence-electron chi connectivity index (χ4n) is 8.75. The molecule has 0 aliphatic carbocycles. The number of fused-ring (bicyclic) bond motifs is 11. The van der Waals surface area contributed by atoms with E-state index in [4.69, 9.17) is 0 Å². The third-order valence-corrected chi connectivity index (χ3v) is 11.3. The highest BCUT2D eigenvalue weighted by atomic mass is 15.1. The van der Waals surface area contributed by atoms with Crippen LogP contribution in [0, 0.1) is 0 Å². The van der Waals surface area contributed by atoms with Gasteiger partial charge in [-0.15, -0.1) is 0 Å². The average Bonchev–Trinajstić information content (AvgIpc) is 3.56. The van der Waals surface area contributed by atoms with E-state index < -0.39 is 0 Å². The standard InChI is InChI=1S/C52H34N2/c1-34-13-10-11-30-53(49-23-12-15-35-14-2-3-16-39(35)49)50-28-24-36(31-46(34)50)37-25-29-52-48(32-37)45-21-8-9-22-51(45)54(52)38-26-27-44-42-19-5-4-17-40(42)41-18-6-7-20-43(41)47(44)33-38/h2-33H,1H2/b13-10-,30-11-. The molecule has 54 heavy (non-hydrogen) atoms. The summed E-state index contributed by atoms with van der Waals surface area (Å²) in [6.07, 6.45) is 8.43. The molecule has 0 spiro atoms. The SMILES string of the molecule is C=C1/C=C\C=C/N(c2cccc3ccccc23)c2ccc(-c3ccc4c(c3)c3ccccc3n4-c3ccc4c5ccccc5c5ccccc5c4c3)cc21. The predicted molar refractivity (Wildman–Crippen MR) is 232 cm³/mol. The summed E-state index contributed by atoms with van der Waals surface area (Å²) in [6, 6.07) is 62.2. The van der Waals surface area contributed by atoms with Crippen molar-refractivity contribution in [2.45, 2.75) is 0 Å². The Labute approximate surface area is 313 Å². The summed E-state index contributed by atoms with van der Waals surface area (Å²) in [5.74, 6) is 0. The van der Waals surface area contributed by atoms with Crippen molar-refractivity contribution in [3.8, 4) is 16.8 Å². The van der Waals surface area contributed by atoms with Crippen LogP contribution in [0.5, 0.6) is 0 Å². The van der Waals surface area contributed by atoms with E-state index in [2.05, 4.69) is 210 Å². The second kappa shape index (κ2) is 11.9. The van der Waals surface area contributed by atoms with Gasteiger partial charge in [0.05, 0.1) is 22.4 Å². The zero-order chi connectivity index (χ0) is 35.8. The van der Waals surface area contributed by atoms with Crippen molar-refractivity contribution in [3.63, 3.8) is 0 Å². The first-order valence-electron chi connectivity index (χ1n) is 18.5. The first-order valence-corrected chi connectivity index (χ1v) is 18.5. The number of hydrogen-bond acceptors (Lipinski definition) is 1. The third kappa shape index (κ3) is 4.60. The Hall–Kier alpha value is -7.16. The normalized spacial score (nSPS) is 14.2. The molecule has 9 aromatic carbocycles. The highest BCUT2D eigenvalue weighted by Crippen LogP contribution is 2.42. The molecular formula is C52H34N2. The van der Waals surface area contributed by atoms with Crippen LogP contribution >= 0.6 is 0 Å². The molecule has 0 saturated heterocycles. The first-order chi connectivity index (χ1) is 26.7. The Kier molecular flexibility index (Phi) is 6.74. The molecule has 0 radical (unpaired) electrons. The van der Waals surface area contributed by atoms with Crippen molar-refractivity contribution in [1.29, 1.82) is 0 Å². The molecule has 1 aromatic heterocycles. The lowest BCUT2D eigenvalue weighted by Gasteiger charge is -2.27. The van der Waals surface area contributed by atoms with E-state index in [1.54, 1.807) is 0 Å². The zero-order valence-electron chi connectivity index (χ0n) is 29.6. The van der Waals surface area contributed by atoms with Gasteiger partial charge in [0.25, 0.3) is 0 Å². The molecule has 1 aliphatic rings. The van der Waals surface area contributed by atoms with Gasteiger partial charge in [0.2, 0.25) is 0 Å². The van der Waals surface area contributed by atoms with Gasteiger partial charge in [-0.05, 0) is 109 Å². The molecule has 252 valence electrons. The fraction of sp³-hybridized carbons (Fsp3) is 0. The van der Waals surface area contributed by atoms with Crippen LogP contribution in [-0.4, -0.2) is 4.57 Å². The number of anilines is 2. The molecule has 0 saturated carbocycles. The number of para-hydroxylation sites is 1. The molecular weight excluding hydrogens is 653 g/mol. The quantitative estimate of drug-likeness (QED) is 0.168. The fourth-order valence-corrected chi connectivity index (χ4v) is 8.75. The summed E-state index contributed by atoms with van der Waals surface area (Å²) in [5, 5.41) is 12.6. The largest absolute Gasteiger partial charge is 0.316 e. The van der Waals surface area contributed by atoms with Gasteiger partial charge in [0, 0.05) is 33.6 Å². The lowest BCUT2D eigenvalue weighted by atomic mass is 9.94. The molecule has 0 amide bonds. The summed E-state index contributed by atoms with van der Waals surface area (Å²) in [5.41, 5.74) is 10.2. The summed E-state index contributed by atoms with van der Waals surface area (Å²) in [4.78, 5) is 2.29. The molecule has 1 aliphatic heterocycles. The molecule has 2 heteroatoms. The predicted octanol–water partition coefficient (Wildman–Crippen LogP) is 14.3. The minimum atomic E-state index is 0.982. The number of benzene rings is 9. The van der Waals surface area contributed by atoms with Crippen molar-refractivity contribution in [2.24, 2.45) is 0 Å². The van der Waals surface area contributed by atoms with Crippen LogP contribution in [0.25, 0.3) is 87.3 Å². The van der Waals surface area contributed by atoms with Crippen LogP contribution in [0.1, 0.15) is 5.56 Å². The third-order valence-electron chi connectivity index (χ3n) is 11.3. The number of nitrogens with zero attached hydrogens (tertiary/aromatic N) is 2. The van der Waals surface area contributed by atoms with E-state index in [-0.39, 0.29) is 0 Å². The van der Waals surface area contributed by atoms with Gasteiger partial charge in [0.15, 0.2) is 0 Å². The Balaban J connectivity index is 1.08. The highest BCUT2D eigenvalue weighted by Gasteiger charge is 2.19. The Bertz CT molecular complexity index is 3210. The number of allylic oxidation sites excluding steroid dienone is 4. The van der Waals surface area contributed by atoms with Crippen LogP contribution in [0.15, 0.2) is 201 Å². The average molecular weight is 687 g/mol. The summed E-state index contributed by atoms with van der Waals surface area (Å²) in [7, 11) is 0. The van der Waals surface area contributed by atoms with E-state index in [9.17, 15) is 0 Å². The highest BCUT2D eigenvalue weighted by molar-refractivity contribution is 6.25. The van der Waals surface area contributed by atoms with Crippen molar-refractivity contribution >= 4 is 81.8 Å². The molecule has 2 nitrogen and oxygen atoms in total. The van der Waals surface area contributed by atoms with E-state index in [0.29, 0.717) is 0 Å².